The van der Waals surface area contributed by atoms with Crippen LogP contribution in [0, 0.1) is 34.5 Å². The van der Waals surface area contributed by atoms with E-state index in [-0.39, 0.29) is 5.41 Å². The summed E-state index contributed by atoms with van der Waals surface area (Å²) in [5, 5.41) is 9.54. The molecule has 1 heteroatoms. The molecule has 2 fully saturated rings. The first-order valence-electron chi connectivity index (χ1n) is 9.64. The molecular formula is C20H35N. The van der Waals surface area contributed by atoms with Crippen molar-refractivity contribution in [3.63, 3.8) is 0 Å². The molecule has 2 rings (SSSR count). The largest absolute Gasteiger partial charge is 0.198 e. The zero-order valence-electron chi connectivity index (χ0n) is 14.4. The van der Waals surface area contributed by atoms with E-state index in [9.17, 15) is 5.26 Å². The van der Waals surface area contributed by atoms with Gasteiger partial charge in [0.2, 0.25) is 0 Å². The Kier molecular flexibility index (Phi) is 6.59. The molecule has 0 unspecified atom stereocenters. The molecule has 0 amide bonds. The van der Waals surface area contributed by atoms with Gasteiger partial charge in [-0.15, -0.1) is 0 Å². The van der Waals surface area contributed by atoms with E-state index in [0.29, 0.717) is 0 Å². The normalized spacial score (nSPS) is 37.1. The minimum absolute atomic E-state index is 0.0452. The van der Waals surface area contributed by atoms with Crippen molar-refractivity contribution in [1.82, 2.24) is 0 Å². The molecule has 120 valence electrons. The van der Waals surface area contributed by atoms with Crippen molar-refractivity contribution in [1.29, 1.82) is 5.26 Å². The van der Waals surface area contributed by atoms with E-state index in [1.165, 1.54) is 77.0 Å². The van der Waals surface area contributed by atoms with Gasteiger partial charge in [-0.1, -0.05) is 52.4 Å². The molecule has 2 aliphatic carbocycles. The Labute approximate surface area is 132 Å². The summed E-state index contributed by atoms with van der Waals surface area (Å²) in [4.78, 5) is 0. The van der Waals surface area contributed by atoms with Crippen molar-refractivity contribution in [3.05, 3.63) is 0 Å². The summed E-state index contributed by atoms with van der Waals surface area (Å²) in [7, 11) is 0. The Balaban J connectivity index is 1.75. The molecule has 21 heavy (non-hydrogen) atoms. The predicted octanol–water partition coefficient (Wildman–Crippen LogP) is 6.48. The van der Waals surface area contributed by atoms with Crippen LogP contribution in [0.2, 0.25) is 0 Å². The SMILES string of the molecule is CCCCC1CCC([C@H]2CC[C@](C#N)(CCC)CC2)CC1. The van der Waals surface area contributed by atoms with E-state index in [2.05, 4.69) is 19.9 Å². The highest BCUT2D eigenvalue weighted by Crippen LogP contribution is 2.47. The average Bonchev–Trinajstić information content (AvgIpc) is 2.54. The second-order valence-corrected chi connectivity index (χ2v) is 7.90. The van der Waals surface area contributed by atoms with E-state index < -0.39 is 0 Å². The van der Waals surface area contributed by atoms with E-state index in [0.717, 1.165) is 24.2 Å². The molecule has 0 aromatic heterocycles. The maximum absolute atomic E-state index is 9.54. The van der Waals surface area contributed by atoms with Gasteiger partial charge in [0.05, 0.1) is 11.5 Å². The molecule has 0 N–H and O–H groups in total. The molecule has 2 saturated carbocycles. The number of nitriles is 1. The van der Waals surface area contributed by atoms with Crippen LogP contribution in [0.5, 0.6) is 0 Å². The van der Waals surface area contributed by atoms with E-state index in [4.69, 9.17) is 0 Å². The van der Waals surface area contributed by atoms with Crippen molar-refractivity contribution in [2.75, 3.05) is 0 Å². The minimum atomic E-state index is 0.0452. The van der Waals surface area contributed by atoms with Crippen molar-refractivity contribution in [2.45, 2.75) is 97.3 Å². The molecule has 0 bridgehead atoms. The van der Waals surface area contributed by atoms with Gasteiger partial charge in [0.25, 0.3) is 0 Å². The molecule has 0 saturated heterocycles. The Morgan fingerprint density at radius 2 is 1.52 bits per heavy atom. The maximum Gasteiger partial charge on any atom is 0.0689 e. The summed E-state index contributed by atoms with van der Waals surface area (Å²) >= 11 is 0. The van der Waals surface area contributed by atoms with Crippen LogP contribution in [-0.2, 0) is 0 Å². The zero-order chi connectivity index (χ0) is 15.1. The fourth-order valence-electron chi connectivity index (χ4n) is 5.00. The second kappa shape index (κ2) is 8.21. The van der Waals surface area contributed by atoms with Gasteiger partial charge in [0.15, 0.2) is 0 Å². The highest BCUT2D eigenvalue weighted by molar-refractivity contribution is 5.02. The molecule has 0 radical (unpaired) electrons. The first-order chi connectivity index (χ1) is 10.2. The first kappa shape index (κ1) is 16.9. The number of rotatable bonds is 6. The number of hydrogen-bond donors (Lipinski definition) is 0. The van der Waals surface area contributed by atoms with Crippen LogP contribution in [0.25, 0.3) is 0 Å². The Bertz CT molecular complexity index is 324. The minimum Gasteiger partial charge on any atom is -0.198 e. The quantitative estimate of drug-likeness (QED) is 0.548. The zero-order valence-corrected chi connectivity index (χ0v) is 14.4. The first-order valence-corrected chi connectivity index (χ1v) is 9.64. The van der Waals surface area contributed by atoms with Gasteiger partial charge in [-0.2, -0.15) is 5.26 Å². The summed E-state index contributed by atoms with van der Waals surface area (Å²) in [6.07, 6.45) is 17.5. The molecule has 1 nitrogen and oxygen atoms in total. The van der Waals surface area contributed by atoms with Crippen LogP contribution < -0.4 is 0 Å². The van der Waals surface area contributed by atoms with Gasteiger partial charge in [0.1, 0.15) is 0 Å². The smallest absolute Gasteiger partial charge is 0.0689 e. The van der Waals surface area contributed by atoms with Crippen molar-refractivity contribution >= 4 is 0 Å². The third-order valence-electron chi connectivity index (χ3n) is 6.48. The Hall–Kier alpha value is -0.510. The summed E-state index contributed by atoms with van der Waals surface area (Å²) in [5.41, 5.74) is 0.0452. The molecule has 0 spiro atoms. The van der Waals surface area contributed by atoms with Gasteiger partial charge in [-0.3, -0.25) is 0 Å². The Morgan fingerprint density at radius 1 is 0.905 bits per heavy atom. The van der Waals surface area contributed by atoms with Crippen molar-refractivity contribution in [2.24, 2.45) is 23.2 Å². The third-order valence-corrected chi connectivity index (χ3v) is 6.48. The summed E-state index contributed by atoms with van der Waals surface area (Å²) in [6, 6.07) is 2.67. The van der Waals surface area contributed by atoms with Gasteiger partial charge < -0.3 is 0 Å². The van der Waals surface area contributed by atoms with Gasteiger partial charge in [-0.05, 0) is 62.7 Å². The van der Waals surface area contributed by atoms with Gasteiger partial charge in [0, 0.05) is 0 Å². The molecule has 0 aliphatic heterocycles. The van der Waals surface area contributed by atoms with E-state index in [1.807, 2.05) is 0 Å². The monoisotopic (exact) mass is 289 g/mol. The summed E-state index contributed by atoms with van der Waals surface area (Å²) < 4.78 is 0. The highest BCUT2D eigenvalue weighted by atomic mass is 14.4. The van der Waals surface area contributed by atoms with Crippen LogP contribution in [0.1, 0.15) is 97.3 Å². The number of unbranched alkanes of at least 4 members (excludes halogenated alkanes) is 1. The van der Waals surface area contributed by atoms with Crippen LogP contribution >= 0.6 is 0 Å². The van der Waals surface area contributed by atoms with Crippen molar-refractivity contribution < 1.29 is 0 Å². The van der Waals surface area contributed by atoms with Crippen LogP contribution in [0.4, 0.5) is 0 Å². The van der Waals surface area contributed by atoms with E-state index in [1.54, 1.807) is 0 Å². The lowest BCUT2D eigenvalue weighted by atomic mass is 9.63. The highest BCUT2D eigenvalue weighted by Gasteiger charge is 2.37. The summed E-state index contributed by atoms with van der Waals surface area (Å²) in [5.74, 6) is 2.96. The van der Waals surface area contributed by atoms with Crippen LogP contribution in [0.15, 0.2) is 0 Å². The molecular weight excluding hydrogens is 254 g/mol. The lowest BCUT2D eigenvalue weighted by Gasteiger charge is -2.40. The third kappa shape index (κ3) is 4.48. The van der Waals surface area contributed by atoms with Crippen LogP contribution in [0.3, 0.4) is 0 Å². The molecule has 0 atom stereocenters. The average molecular weight is 290 g/mol. The molecule has 0 heterocycles. The van der Waals surface area contributed by atoms with Gasteiger partial charge >= 0.3 is 0 Å². The van der Waals surface area contributed by atoms with Crippen LogP contribution in [-0.4, -0.2) is 0 Å². The molecule has 0 aromatic rings. The Morgan fingerprint density at radius 3 is 2.05 bits per heavy atom. The van der Waals surface area contributed by atoms with Gasteiger partial charge in [-0.25, -0.2) is 0 Å². The molecule has 2 aliphatic rings. The summed E-state index contributed by atoms with van der Waals surface area (Å²) in [6.45, 7) is 4.54. The topological polar surface area (TPSA) is 23.8 Å². The number of nitrogens with zero attached hydrogens (tertiary/aromatic N) is 1. The fourth-order valence-corrected chi connectivity index (χ4v) is 5.00. The fraction of sp³-hybridized carbons (Fsp3) is 0.950. The molecule has 0 aromatic carbocycles. The van der Waals surface area contributed by atoms with E-state index >= 15 is 0 Å². The lowest BCUT2D eigenvalue weighted by molar-refractivity contribution is 0.116. The predicted molar refractivity (Wildman–Crippen MR) is 89.9 cm³/mol. The standard InChI is InChI=1S/C20H35N/c1-3-5-6-17-7-9-18(10-8-17)19-11-14-20(16-21,13-4-2)15-12-19/h17-19H,3-15H2,1-2H3/t17?,18?,19-,20+. The van der Waals surface area contributed by atoms with Crippen molar-refractivity contribution in [3.8, 4) is 6.07 Å². The second-order valence-electron chi connectivity index (χ2n) is 7.90. The number of hydrogen-bond acceptors (Lipinski definition) is 1. The lowest BCUT2D eigenvalue weighted by Crippen LogP contribution is -2.31. The maximum atomic E-state index is 9.54.